The highest BCUT2D eigenvalue weighted by atomic mass is 35.5. The Hall–Kier alpha value is -3.67. The average Bonchev–Trinajstić information content (AvgIpc) is 3.17. The van der Waals surface area contributed by atoms with Crippen molar-refractivity contribution in [2.24, 2.45) is 0 Å². The van der Waals surface area contributed by atoms with E-state index < -0.39 is 24.0 Å². The van der Waals surface area contributed by atoms with Crippen LogP contribution in [0.15, 0.2) is 94.7 Å². The molecule has 3 aromatic rings. The number of carbonyl (C=O) groups excluding carboxylic acids is 1. The molecule has 5 rings (SSSR count). The molecule has 0 aliphatic carbocycles. The molecule has 3 aromatic carbocycles. The minimum Gasteiger partial charge on any atom is -0.478 e. The summed E-state index contributed by atoms with van der Waals surface area (Å²) in [6.07, 6.45) is 0.840. The molecule has 1 saturated heterocycles. The second kappa shape index (κ2) is 15.7. The van der Waals surface area contributed by atoms with E-state index >= 15 is 0 Å². The van der Waals surface area contributed by atoms with Crippen LogP contribution >= 0.6 is 23.4 Å². The molecule has 2 atom stereocenters. The zero-order valence-electron chi connectivity index (χ0n) is 23.3. The number of fused-ring (bicyclic) bond motifs is 2. The fourth-order valence-electron chi connectivity index (χ4n) is 4.97. The van der Waals surface area contributed by atoms with Gasteiger partial charge in [-0.1, -0.05) is 71.9 Å². The molecule has 2 aliphatic heterocycles. The fraction of sp³-hybridized carbons (Fsp3) is 0.281. The van der Waals surface area contributed by atoms with Gasteiger partial charge in [0.05, 0.1) is 0 Å². The van der Waals surface area contributed by atoms with E-state index in [0.717, 1.165) is 37.6 Å². The predicted octanol–water partition coefficient (Wildman–Crippen LogP) is 4.69. The fourth-order valence-corrected chi connectivity index (χ4v) is 6.27. The number of carboxylic acids is 2. The van der Waals surface area contributed by atoms with Crippen LogP contribution in [0, 0.1) is 0 Å². The molecule has 2 heterocycles. The van der Waals surface area contributed by atoms with Crippen molar-refractivity contribution in [3.05, 3.63) is 107 Å². The summed E-state index contributed by atoms with van der Waals surface area (Å²) < 4.78 is 5.36. The van der Waals surface area contributed by atoms with Crippen LogP contribution in [0.1, 0.15) is 28.8 Å². The van der Waals surface area contributed by atoms with E-state index in [1.54, 1.807) is 24.3 Å². The van der Waals surface area contributed by atoms with Crippen LogP contribution in [-0.2, 0) is 25.5 Å². The topological polar surface area (TPSA) is 128 Å². The number of hydrogen-bond donors (Lipinski definition) is 3. The van der Waals surface area contributed by atoms with Crippen molar-refractivity contribution >= 4 is 41.3 Å². The van der Waals surface area contributed by atoms with Crippen LogP contribution in [0.5, 0.6) is 0 Å². The number of carbonyl (C=O) groups is 3. The van der Waals surface area contributed by atoms with Gasteiger partial charge in [-0.25, -0.2) is 14.4 Å². The van der Waals surface area contributed by atoms with Gasteiger partial charge >= 0.3 is 17.9 Å². The molecule has 2 aliphatic rings. The van der Waals surface area contributed by atoms with Crippen LogP contribution in [0.3, 0.4) is 0 Å². The first-order chi connectivity index (χ1) is 20.7. The number of aliphatic hydroxyl groups excluding tert-OH is 1. The van der Waals surface area contributed by atoms with E-state index in [9.17, 15) is 19.5 Å². The van der Waals surface area contributed by atoms with Gasteiger partial charge in [-0.15, -0.1) is 0 Å². The number of aliphatic carboxylic acids is 2. The second-order valence-corrected chi connectivity index (χ2v) is 11.5. The maximum atomic E-state index is 12.2. The number of aliphatic hydroxyl groups is 1. The van der Waals surface area contributed by atoms with E-state index in [0.29, 0.717) is 24.3 Å². The largest absolute Gasteiger partial charge is 0.478 e. The predicted molar refractivity (Wildman–Crippen MR) is 163 cm³/mol. The number of rotatable bonds is 8. The third-order valence-electron chi connectivity index (χ3n) is 7.14. The van der Waals surface area contributed by atoms with Gasteiger partial charge < -0.3 is 20.1 Å². The van der Waals surface area contributed by atoms with Gasteiger partial charge in [0.25, 0.3) is 0 Å². The number of hydrogen-bond acceptors (Lipinski definition) is 8. The molecular weight excluding hydrogens is 592 g/mol. The number of esters is 1. The lowest BCUT2D eigenvalue weighted by molar-refractivity contribution is -0.154. The molecule has 226 valence electrons. The lowest BCUT2D eigenvalue weighted by Crippen LogP contribution is -2.48. The van der Waals surface area contributed by atoms with Gasteiger partial charge in [0.2, 0.25) is 0 Å². The maximum absolute atomic E-state index is 12.2. The standard InChI is InChI=1S/C28H29ClN2O3S.C4H4O4/c29-22-10-11-26-23(19-22)24(18-21-8-4-5-9-25(21)35-26)31-14-12-30(13-15-31)16-17-34-28(33)27(32)20-6-2-1-3-7-20;5-3(6)1-2-4(7)8/h1-11,19,24,27,32H,12-18H2;1-2H,(H,5,6)(H,7,8)/b;2-1-. The molecule has 0 amide bonds. The zero-order valence-corrected chi connectivity index (χ0v) is 24.9. The summed E-state index contributed by atoms with van der Waals surface area (Å²) in [5, 5.41) is 26.6. The van der Waals surface area contributed by atoms with Crippen molar-refractivity contribution in [2.75, 3.05) is 39.3 Å². The second-order valence-electron chi connectivity index (χ2n) is 9.98. The minimum atomic E-state index is -1.26. The van der Waals surface area contributed by atoms with E-state index in [1.807, 2.05) is 23.9 Å². The van der Waals surface area contributed by atoms with Crippen molar-refractivity contribution < 1.29 is 34.4 Å². The molecule has 11 heteroatoms. The van der Waals surface area contributed by atoms with Gasteiger partial charge in [0, 0.05) is 65.7 Å². The van der Waals surface area contributed by atoms with Crippen molar-refractivity contribution in [3.8, 4) is 0 Å². The molecule has 1 fully saturated rings. The molecule has 43 heavy (non-hydrogen) atoms. The summed E-state index contributed by atoms with van der Waals surface area (Å²) in [7, 11) is 0. The van der Waals surface area contributed by atoms with Crippen LogP contribution in [0.2, 0.25) is 5.02 Å². The average molecular weight is 625 g/mol. The molecule has 9 nitrogen and oxygen atoms in total. The molecule has 0 spiro atoms. The summed E-state index contributed by atoms with van der Waals surface area (Å²) in [5.41, 5.74) is 3.23. The Morgan fingerprint density at radius 1 is 0.907 bits per heavy atom. The van der Waals surface area contributed by atoms with Crippen LogP contribution < -0.4 is 0 Å². The van der Waals surface area contributed by atoms with Crippen molar-refractivity contribution in [1.29, 1.82) is 0 Å². The first-order valence-corrected chi connectivity index (χ1v) is 15.0. The van der Waals surface area contributed by atoms with Crippen LogP contribution in [-0.4, -0.2) is 82.4 Å². The minimum absolute atomic E-state index is 0.272. The molecule has 0 aromatic heterocycles. The van der Waals surface area contributed by atoms with Crippen molar-refractivity contribution in [2.45, 2.75) is 28.4 Å². The summed E-state index contributed by atoms with van der Waals surface area (Å²) in [6, 6.07) is 24.1. The van der Waals surface area contributed by atoms with Crippen molar-refractivity contribution in [1.82, 2.24) is 9.80 Å². The summed E-state index contributed by atoms with van der Waals surface area (Å²) in [4.78, 5) is 38.8. The Balaban J connectivity index is 0.000000467. The Morgan fingerprint density at radius 3 is 2.23 bits per heavy atom. The molecule has 0 bridgehead atoms. The molecule has 0 saturated carbocycles. The molecular formula is C32H33ClN2O7S. The monoisotopic (exact) mass is 624 g/mol. The Labute approximate surface area is 259 Å². The van der Waals surface area contributed by atoms with E-state index in [1.165, 1.54) is 20.9 Å². The number of halogens is 1. The number of piperazine rings is 1. The lowest BCUT2D eigenvalue weighted by Gasteiger charge is -2.39. The highest BCUT2D eigenvalue weighted by Crippen LogP contribution is 2.43. The molecule has 3 N–H and O–H groups in total. The highest BCUT2D eigenvalue weighted by Gasteiger charge is 2.30. The van der Waals surface area contributed by atoms with Gasteiger partial charge in [0.15, 0.2) is 6.10 Å². The highest BCUT2D eigenvalue weighted by molar-refractivity contribution is 7.99. The third-order valence-corrected chi connectivity index (χ3v) is 8.59. The first kappa shape index (κ1) is 32.2. The number of nitrogens with zero attached hydrogens (tertiary/aromatic N) is 2. The zero-order chi connectivity index (χ0) is 30.8. The quantitative estimate of drug-likeness (QED) is 0.240. The smallest absolute Gasteiger partial charge is 0.339 e. The van der Waals surface area contributed by atoms with Crippen molar-refractivity contribution in [3.63, 3.8) is 0 Å². The van der Waals surface area contributed by atoms with Crippen LogP contribution in [0.4, 0.5) is 0 Å². The first-order valence-electron chi connectivity index (χ1n) is 13.8. The van der Waals surface area contributed by atoms with E-state index in [-0.39, 0.29) is 12.6 Å². The molecule has 2 unspecified atom stereocenters. The summed E-state index contributed by atoms with van der Waals surface area (Å²) in [6.45, 7) is 4.61. The Kier molecular flexibility index (Phi) is 11.8. The van der Waals surface area contributed by atoms with Crippen LogP contribution in [0.25, 0.3) is 0 Å². The number of ether oxygens (including phenoxy) is 1. The Bertz CT molecular complexity index is 1430. The lowest BCUT2D eigenvalue weighted by atomic mass is 9.96. The maximum Gasteiger partial charge on any atom is 0.339 e. The molecule has 0 radical (unpaired) electrons. The number of benzene rings is 3. The van der Waals surface area contributed by atoms with Gasteiger partial charge in [-0.2, -0.15) is 0 Å². The third kappa shape index (κ3) is 9.41. The summed E-state index contributed by atoms with van der Waals surface area (Å²) in [5.74, 6) is -3.11. The number of carboxylic acid groups (broad SMARTS) is 2. The van der Waals surface area contributed by atoms with E-state index in [4.69, 9.17) is 26.6 Å². The normalized spacial score (nSPS) is 17.5. The SMILES string of the molecule is O=C(O)/C=C\C(=O)O.O=C(OCCN1CCN(C2Cc3ccccc3Sc3ccc(Cl)cc32)CC1)C(O)c1ccccc1. The van der Waals surface area contributed by atoms with E-state index in [2.05, 4.69) is 46.2 Å². The summed E-state index contributed by atoms with van der Waals surface area (Å²) >= 11 is 8.25. The van der Waals surface area contributed by atoms with Gasteiger partial charge in [-0.05, 0) is 47.4 Å². The van der Waals surface area contributed by atoms with Gasteiger partial charge in [0.1, 0.15) is 6.61 Å². The Morgan fingerprint density at radius 2 is 1.56 bits per heavy atom. The van der Waals surface area contributed by atoms with Gasteiger partial charge in [-0.3, -0.25) is 9.80 Å².